The first-order valence-electron chi connectivity index (χ1n) is 10.6. The van der Waals surface area contributed by atoms with Crippen molar-refractivity contribution in [2.75, 3.05) is 4.90 Å². The van der Waals surface area contributed by atoms with Crippen molar-refractivity contribution in [2.24, 2.45) is 0 Å². The Morgan fingerprint density at radius 2 is 1.48 bits per heavy atom. The van der Waals surface area contributed by atoms with Crippen molar-refractivity contribution in [2.45, 2.75) is 90.8 Å². The molecule has 2 aromatic heterocycles. The van der Waals surface area contributed by atoms with Gasteiger partial charge in [-0.05, 0) is 86.8 Å². The highest BCUT2D eigenvalue weighted by atomic mass is 32.1. The lowest BCUT2D eigenvalue weighted by atomic mass is 9.84. The van der Waals surface area contributed by atoms with Crippen LogP contribution in [0.2, 0.25) is 0 Å². The van der Waals surface area contributed by atoms with Crippen LogP contribution in [0.3, 0.4) is 0 Å². The first-order chi connectivity index (χ1) is 14.8. The normalized spacial score (nSPS) is 13.1. The summed E-state index contributed by atoms with van der Waals surface area (Å²) in [6, 6.07) is 3.50. The molecule has 0 fully saturated rings. The Hall–Kier alpha value is -2.27. The van der Waals surface area contributed by atoms with Crippen molar-refractivity contribution in [1.29, 1.82) is 0 Å². The Bertz CT molecular complexity index is 990. The number of hydrogen-bond donors (Lipinski definition) is 1. The molecule has 0 aliphatic rings. The van der Waals surface area contributed by atoms with Crippen LogP contribution in [0.25, 0.3) is 5.65 Å². The monoisotopic (exact) mass is 477 g/mol. The first-order valence-corrected chi connectivity index (χ1v) is 11.1. The molecule has 0 spiro atoms. The van der Waals surface area contributed by atoms with E-state index in [1.807, 2.05) is 27.7 Å². The molecule has 0 saturated carbocycles. The molecule has 0 N–H and O–H groups in total. The molecule has 2 heterocycles. The Balaban J connectivity index is 2.37. The van der Waals surface area contributed by atoms with Crippen LogP contribution >= 0.6 is 12.6 Å². The lowest BCUT2D eigenvalue weighted by Crippen LogP contribution is -2.45. The number of pyridine rings is 1. The minimum atomic E-state index is -0.930. The molecule has 2 amide bonds. The largest absolute Gasteiger partial charge is 0.443 e. The molecule has 0 aliphatic carbocycles. The number of thiol groups is 1. The maximum atomic E-state index is 12.8. The second kappa shape index (κ2) is 9.17. The van der Waals surface area contributed by atoms with Gasteiger partial charge in [-0.1, -0.05) is 0 Å². The number of amides is 2. The van der Waals surface area contributed by atoms with Gasteiger partial charge in [0.25, 0.3) is 5.95 Å². The van der Waals surface area contributed by atoms with Gasteiger partial charge in [0.05, 0.1) is 5.60 Å². The number of carbonyl (C=O) groups is 2. The van der Waals surface area contributed by atoms with Gasteiger partial charge in [0.2, 0.25) is 0 Å². The molecule has 33 heavy (non-hydrogen) atoms. The van der Waals surface area contributed by atoms with E-state index in [0.717, 1.165) is 5.46 Å². The molecule has 9 nitrogen and oxygen atoms in total. The van der Waals surface area contributed by atoms with Crippen molar-refractivity contribution in [3.63, 3.8) is 0 Å². The molecule has 0 bridgehead atoms. The maximum absolute atomic E-state index is 12.8. The second-order valence-corrected chi connectivity index (χ2v) is 11.9. The smallest absolute Gasteiger partial charge is 0.427 e. The van der Waals surface area contributed by atoms with Crippen molar-refractivity contribution in [3.8, 4) is 0 Å². The van der Waals surface area contributed by atoms with E-state index < -0.39 is 29.0 Å². The van der Waals surface area contributed by atoms with Gasteiger partial charge in [-0.3, -0.25) is 0 Å². The molecule has 0 saturated heterocycles. The summed E-state index contributed by atoms with van der Waals surface area (Å²) in [5.41, 5.74) is -1.06. The zero-order valence-corrected chi connectivity index (χ0v) is 22.0. The number of ether oxygens (including phenoxy) is 2. The van der Waals surface area contributed by atoms with Gasteiger partial charge in [0.1, 0.15) is 11.2 Å². The lowest BCUT2D eigenvalue weighted by Gasteiger charge is -2.38. The molecule has 181 valence electrons. The third kappa shape index (κ3) is 7.36. The van der Waals surface area contributed by atoms with Gasteiger partial charge in [-0.15, -0.1) is 10.00 Å². The highest BCUT2D eigenvalue weighted by molar-refractivity contribution is 7.81. The van der Waals surface area contributed by atoms with Crippen LogP contribution in [0.5, 0.6) is 0 Å². The number of hydrogen-bond acceptors (Lipinski definition) is 8. The number of rotatable bonds is 5. The fourth-order valence-corrected chi connectivity index (χ4v) is 2.32. The summed E-state index contributed by atoms with van der Waals surface area (Å²) in [7, 11) is 1.62. The van der Waals surface area contributed by atoms with Crippen molar-refractivity contribution >= 4 is 49.4 Å². The number of fused-ring (bicyclic) bond motifs is 1. The van der Waals surface area contributed by atoms with E-state index in [4.69, 9.17) is 14.1 Å². The molecule has 11 heteroatoms. The van der Waals surface area contributed by atoms with Crippen molar-refractivity contribution in [1.82, 2.24) is 14.6 Å². The number of anilines is 1. The van der Waals surface area contributed by atoms with E-state index in [9.17, 15) is 9.59 Å². The maximum Gasteiger partial charge on any atom is 0.427 e. The number of carbonyl (C=O) groups excluding carboxylic acids is 2. The average molecular weight is 477 g/mol. The molecular formula is C22H34BN4O5S. The molecule has 2 rings (SSSR count). The van der Waals surface area contributed by atoms with Crippen LogP contribution < -0.4 is 10.4 Å². The third-order valence-corrected chi connectivity index (χ3v) is 5.20. The van der Waals surface area contributed by atoms with Gasteiger partial charge in [0.15, 0.2) is 5.65 Å². The number of aromatic nitrogens is 3. The Morgan fingerprint density at radius 1 is 0.970 bits per heavy atom. The SMILES string of the molecule is CC(C)(C)OC(=O)N(C(=O)OC(C)(C)C)c1nc2cc([B]OC(C)(C)C(C)(C)S)ccn2n1. The van der Waals surface area contributed by atoms with Gasteiger partial charge >= 0.3 is 19.7 Å². The van der Waals surface area contributed by atoms with E-state index in [1.54, 1.807) is 67.4 Å². The van der Waals surface area contributed by atoms with Crippen LogP contribution in [0.4, 0.5) is 15.5 Å². The quantitative estimate of drug-likeness (QED) is 0.511. The Kier molecular flexibility index (Phi) is 7.50. The van der Waals surface area contributed by atoms with Crippen LogP contribution in [-0.2, 0) is 14.1 Å². The zero-order valence-electron chi connectivity index (χ0n) is 21.1. The van der Waals surface area contributed by atoms with Crippen molar-refractivity contribution < 1.29 is 23.7 Å². The van der Waals surface area contributed by atoms with Crippen LogP contribution in [0.1, 0.15) is 69.2 Å². The average Bonchev–Trinajstić information content (AvgIpc) is 2.98. The number of imide groups is 1. The minimum Gasteiger partial charge on any atom is -0.443 e. The topological polar surface area (TPSA) is 95.3 Å². The fraction of sp³-hybridized carbons (Fsp3) is 0.636. The summed E-state index contributed by atoms with van der Waals surface area (Å²) >= 11 is 4.60. The standard InChI is InChI=1S/C22H34BN4O5S/c1-19(2,3)30-17(28)27(18(29)31-20(4,5)6)16-24-15-13-14(11-12-26(15)25-16)23-32-21(7,8)22(9,10)33/h11-13,33H,1-10H3. The van der Waals surface area contributed by atoms with E-state index in [1.165, 1.54) is 4.52 Å². The Morgan fingerprint density at radius 3 is 1.94 bits per heavy atom. The predicted octanol–water partition coefficient (Wildman–Crippen LogP) is 4.15. The molecule has 1 radical (unpaired) electrons. The summed E-state index contributed by atoms with van der Waals surface area (Å²) in [6.07, 6.45) is -0.205. The Labute approximate surface area is 201 Å². The summed E-state index contributed by atoms with van der Waals surface area (Å²) < 4.78 is 17.8. The zero-order chi connectivity index (χ0) is 25.4. The van der Waals surface area contributed by atoms with E-state index in [0.29, 0.717) is 10.5 Å². The molecular weight excluding hydrogens is 443 g/mol. The fourth-order valence-electron chi connectivity index (χ4n) is 2.27. The van der Waals surface area contributed by atoms with Gasteiger partial charge in [-0.2, -0.15) is 17.6 Å². The highest BCUT2D eigenvalue weighted by Gasteiger charge is 2.36. The summed E-state index contributed by atoms with van der Waals surface area (Å²) in [5, 5.41) is 4.27. The van der Waals surface area contributed by atoms with Crippen LogP contribution in [0, 0.1) is 0 Å². The van der Waals surface area contributed by atoms with E-state index in [-0.39, 0.29) is 10.7 Å². The van der Waals surface area contributed by atoms with Gasteiger partial charge in [-0.25, -0.2) is 14.1 Å². The minimum absolute atomic E-state index is 0.159. The van der Waals surface area contributed by atoms with Gasteiger partial charge in [0, 0.05) is 10.9 Å². The van der Waals surface area contributed by atoms with Crippen LogP contribution in [0.15, 0.2) is 18.3 Å². The summed E-state index contributed by atoms with van der Waals surface area (Å²) in [5.74, 6) is -0.159. The van der Waals surface area contributed by atoms with Gasteiger partial charge < -0.3 is 14.1 Å². The molecule has 0 unspecified atom stereocenters. The summed E-state index contributed by atoms with van der Waals surface area (Å²) in [4.78, 5) is 30.7. The third-order valence-electron chi connectivity index (χ3n) is 4.67. The highest BCUT2D eigenvalue weighted by Crippen LogP contribution is 2.30. The molecule has 2 aromatic rings. The number of nitrogens with zero attached hydrogens (tertiary/aromatic N) is 4. The van der Waals surface area contributed by atoms with Crippen LogP contribution in [-0.4, -0.2) is 55.8 Å². The van der Waals surface area contributed by atoms with E-state index in [2.05, 4.69) is 22.7 Å². The molecule has 0 aliphatic heterocycles. The first kappa shape index (κ1) is 27.0. The summed E-state index contributed by atoms with van der Waals surface area (Å²) in [6.45, 7) is 18.0. The lowest BCUT2D eigenvalue weighted by molar-refractivity contribution is 0.0427. The molecule has 0 aromatic carbocycles. The second-order valence-electron chi connectivity index (χ2n) is 10.8. The molecule has 0 atom stereocenters. The van der Waals surface area contributed by atoms with Crippen molar-refractivity contribution in [3.05, 3.63) is 18.3 Å². The van der Waals surface area contributed by atoms with E-state index >= 15 is 0 Å². The predicted molar refractivity (Wildman–Crippen MR) is 132 cm³/mol.